The van der Waals surface area contributed by atoms with Gasteiger partial charge in [-0.3, -0.25) is 0 Å². The van der Waals surface area contributed by atoms with E-state index in [-0.39, 0.29) is 0 Å². The molecular formula is C14H13Cl2N3. The monoisotopic (exact) mass is 293 g/mol. The molecule has 0 amide bonds. The molecule has 2 aromatic rings. The second-order valence-electron chi connectivity index (χ2n) is 4.83. The number of benzene rings is 1. The van der Waals surface area contributed by atoms with E-state index in [1.807, 2.05) is 13.0 Å². The first-order valence-electron chi connectivity index (χ1n) is 6.15. The molecule has 0 atom stereocenters. The van der Waals surface area contributed by atoms with Crippen molar-refractivity contribution in [1.29, 1.82) is 0 Å². The molecule has 1 aromatic carbocycles. The average molecular weight is 294 g/mol. The summed E-state index contributed by atoms with van der Waals surface area (Å²) in [4.78, 5) is 9.08. The van der Waals surface area contributed by atoms with Crippen molar-refractivity contribution in [3.63, 3.8) is 0 Å². The molecule has 0 spiro atoms. The van der Waals surface area contributed by atoms with Gasteiger partial charge in [0.2, 0.25) is 0 Å². The maximum absolute atomic E-state index is 6.24. The maximum Gasteiger partial charge on any atom is 0.145 e. The molecule has 98 valence electrons. The molecule has 0 bridgehead atoms. The highest BCUT2D eigenvalue weighted by Gasteiger charge is 2.29. The minimum absolute atomic E-state index is 0.456. The van der Waals surface area contributed by atoms with Crippen molar-refractivity contribution in [3.05, 3.63) is 39.6 Å². The van der Waals surface area contributed by atoms with Gasteiger partial charge >= 0.3 is 0 Å². The van der Waals surface area contributed by atoms with Gasteiger partial charge in [-0.2, -0.15) is 0 Å². The lowest BCUT2D eigenvalue weighted by atomic mass is 10.1. The van der Waals surface area contributed by atoms with Gasteiger partial charge in [-0.1, -0.05) is 23.2 Å². The molecule has 1 aliphatic carbocycles. The van der Waals surface area contributed by atoms with Crippen LogP contribution in [0.5, 0.6) is 0 Å². The third-order valence-electron chi connectivity index (χ3n) is 3.28. The van der Waals surface area contributed by atoms with Gasteiger partial charge in [0.15, 0.2) is 0 Å². The Bertz CT molecular complexity index is 651. The van der Waals surface area contributed by atoms with E-state index < -0.39 is 0 Å². The second-order valence-corrected chi connectivity index (χ2v) is 5.67. The van der Waals surface area contributed by atoms with Crippen molar-refractivity contribution in [2.75, 3.05) is 5.73 Å². The molecule has 1 heterocycles. The van der Waals surface area contributed by atoms with E-state index >= 15 is 0 Å². The summed E-state index contributed by atoms with van der Waals surface area (Å²) in [5.74, 6) is 0.992. The summed E-state index contributed by atoms with van der Waals surface area (Å²) in [5, 5.41) is 1.19. The molecule has 1 aliphatic rings. The predicted octanol–water partition coefficient (Wildman–Crippen LogP) is 4.22. The fourth-order valence-electron chi connectivity index (χ4n) is 2.14. The smallest absolute Gasteiger partial charge is 0.145 e. The first-order chi connectivity index (χ1) is 9.06. The van der Waals surface area contributed by atoms with E-state index in [0.29, 0.717) is 21.8 Å². The Morgan fingerprint density at radius 3 is 2.58 bits per heavy atom. The van der Waals surface area contributed by atoms with Crippen LogP contribution >= 0.6 is 23.2 Å². The third kappa shape index (κ3) is 2.40. The van der Waals surface area contributed by atoms with Crippen LogP contribution in [-0.4, -0.2) is 9.97 Å². The molecule has 0 saturated heterocycles. The molecule has 3 rings (SSSR count). The van der Waals surface area contributed by atoms with E-state index in [1.165, 1.54) is 0 Å². The van der Waals surface area contributed by atoms with Crippen molar-refractivity contribution in [3.8, 4) is 11.3 Å². The van der Waals surface area contributed by atoms with Crippen LogP contribution in [0.3, 0.4) is 0 Å². The zero-order chi connectivity index (χ0) is 13.6. The van der Waals surface area contributed by atoms with Crippen molar-refractivity contribution in [1.82, 2.24) is 9.97 Å². The first kappa shape index (κ1) is 12.7. The normalized spacial score (nSPS) is 14.7. The first-order valence-corrected chi connectivity index (χ1v) is 6.91. The summed E-state index contributed by atoms with van der Waals surface area (Å²) in [7, 11) is 0. The van der Waals surface area contributed by atoms with Gasteiger partial charge < -0.3 is 5.73 Å². The van der Waals surface area contributed by atoms with E-state index in [1.54, 1.807) is 12.1 Å². The third-order valence-corrected chi connectivity index (χ3v) is 3.82. The Morgan fingerprint density at radius 1 is 1.21 bits per heavy atom. The van der Waals surface area contributed by atoms with Gasteiger partial charge in [-0.05, 0) is 38.0 Å². The summed E-state index contributed by atoms with van der Waals surface area (Å²) in [6.45, 7) is 1.89. The van der Waals surface area contributed by atoms with Crippen LogP contribution in [-0.2, 0) is 0 Å². The second kappa shape index (κ2) is 4.66. The zero-order valence-electron chi connectivity index (χ0n) is 10.5. The van der Waals surface area contributed by atoms with Gasteiger partial charge in [0.25, 0.3) is 0 Å². The van der Waals surface area contributed by atoms with E-state index in [2.05, 4.69) is 9.97 Å². The van der Waals surface area contributed by atoms with Crippen molar-refractivity contribution < 1.29 is 0 Å². The molecule has 5 heteroatoms. The maximum atomic E-state index is 6.24. The van der Waals surface area contributed by atoms with Crippen molar-refractivity contribution in [2.45, 2.75) is 25.7 Å². The Hall–Kier alpha value is -1.32. The number of rotatable bonds is 2. The fraction of sp³-hybridized carbons (Fsp3) is 0.286. The van der Waals surface area contributed by atoms with E-state index in [4.69, 9.17) is 28.9 Å². The number of aryl methyl sites for hydroxylation is 1. The van der Waals surface area contributed by atoms with Crippen LogP contribution in [0.15, 0.2) is 18.2 Å². The van der Waals surface area contributed by atoms with Gasteiger partial charge in [-0.15, -0.1) is 0 Å². The SMILES string of the molecule is Cc1nc(N)c(C2CC2)nc1-c1ccc(Cl)cc1Cl. The zero-order valence-corrected chi connectivity index (χ0v) is 12.0. The summed E-state index contributed by atoms with van der Waals surface area (Å²) >= 11 is 12.2. The molecule has 1 aromatic heterocycles. The van der Waals surface area contributed by atoms with Crippen LogP contribution in [0.2, 0.25) is 10.0 Å². The minimum atomic E-state index is 0.456. The van der Waals surface area contributed by atoms with Crippen molar-refractivity contribution >= 4 is 29.0 Å². The molecular weight excluding hydrogens is 281 g/mol. The van der Waals surface area contributed by atoms with Crippen LogP contribution < -0.4 is 5.73 Å². The number of aromatic nitrogens is 2. The molecule has 0 unspecified atom stereocenters. The number of anilines is 1. The van der Waals surface area contributed by atoms with Gasteiger partial charge in [0.05, 0.1) is 22.1 Å². The number of nitrogen functional groups attached to an aromatic ring is 1. The Balaban J connectivity index is 2.15. The number of hydrogen-bond acceptors (Lipinski definition) is 3. The highest BCUT2D eigenvalue weighted by molar-refractivity contribution is 6.36. The predicted molar refractivity (Wildman–Crippen MR) is 78.6 cm³/mol. The number of halogens is 2. The van der Waals surface area contributed by atoms with Crippen LogP contribution in [0, 0.1) is 6.92 Å². The summed E-state index contributed by atoms with van der Waals surface area (Å²) in [5.41, 5.74) is 9.26. The van der Waals surface area contributed by atoms with Gasteiger partial charge in [0.1, 0.15) is 5.82 Å². The quantitative estimate of drug-likeness (QED) is 0.902. The van der Waals surface area contributed by atoms with Crippen LogP contribution in [0.25, 0.3) is 11.3 Å². The number of hydrogen-bond donors (Lipinski definition) is 1. The molecule has 19 heavy (non-hydrogen) atoms. The number of nitrogens with two attached hydrogens (primary N) is 1. The van der Waals surface area contributed by atoms with Crippen molar-refractivity contribution in [2.24, 2.45) is 0 Å². The molecule has 0 aliphatic heterocycles. The van der Waals surface area contributed by atoms with Gasteiger partial charge in [0, 0.05) is 16.5 Å². The minimum Gasteiger partial charge on any atom is -0.382 e. The lowest BCUT2D eigenvalue weighted by Crippen LogP contribution is -2.04. The Morgan fingerprint density at radius 2 is 1.95 bits per heavy atom. The fourth-order valence-corrected chi connectivity index (χ4v) is 2.64. The highest BCUT2D eigenvalue weighted by atomic mass is 35.5. The lowest BCUT2D eigenvalue weighted by molar-refractivity contribution is 0.983. The molecule has 1 saturated carbocycles. The number of nitrogens with zero attached hydrogens (tertiary/aromatic N) is 2. The summed E-state index contributed by atoms with van der Waals surface area (Å²) < 4.78 is 0. The highest BCUT2D eigenvalue weighted by Crippen LogP contribution is 2.42. The summed E-state index contributed by atoms with van der Waals surface area (Å²) in [6.07, 6.45) is 2.27. The van der Waals surface area contributed by atoms with E-state index in [9.17, 15) is 0 Å². The largest absolute Gasteiger partial charge is 0.382 e. The Kier molecular flexibility index (Phi) is 3.11. The van der Waals surface area contributed by atoms with E-state index in [0.717, 1.165) is 35.5 Å². The summed E-state index contributed by atoms with van der Waals surface area (Å²) in [6, 6.07) is 5.39. The van der Waals surface area contributed by atoms with Gasteiger partial charge in [-0.25, -0.2) is 9.97 Å². The molecule has 0 radical (unpaired) electrons. The molecule has 1 fully saturated rings. The topological polar surface area (TPSA) is 51.8 Å². The average Bonchev–Trinajstić information content (AvgIpc) is 3.14. The van der Waals surface area contributed by atoms with Crippen LogP contribution in [0.4, 0.5) is 5.82 Å². The van der Waals surface area contributed by atoms with Crippen LogP contribution in [0.1, 0.15) is 30.1 Å². The lowest BCUT2D eigenvalue weighted by Gasteiger charge is -2.11. The molecule has 2 N–H and O–H groups in total. The standard InChI is InChI=1S/C14H13Cl2N3/c1-7-12(10-5-4-9(15)6-11(10)16)19-13(8-2-3-8)14(17)18-7/h4-6,8H,2-3H2,1H3,(H2,17,18). The Labute approximate surface area is 121 Å². The molecule has 3 nitrogen and oxygen atoms in total.